The fourth-order valence-electron chi connectivity index (χ4n) is 1.76. The zero-order chi connectivity index (χ0) is 12.4. The van der Waals surface area contributed by atoms with Gasteiger partial charge in [-0.2, -0.15) is 0 Å². The third-order valence-electron chi connectivity index (χ3n) is 2.61. The molecule has 0 atom stereocenters. The van der Waals surface area contributed by atoms with Gasteiger partial charge in [-0.15, -0.1) is 5.10 Å². The number of pyridine rings is 1. The van der Waals surface area contributed by atoms with Crippen LogP contribution in [-0.2, 0) is 0 Å². The third-order valence-corrected chi connectivity index (χ3v) is 2.61. The molecule has 0 fully saturated rings. The van der Waals surface area contributed by atoms with E-state index < -0.39 is 0 Å². The molecule has 0 aliphatic heterocycles. The van der Waals surface area contributed by atoms with Crippen molar-refractivity contribution in [3.8, 4) is 16.9 Å². The number of benzene rings is 1. The minimum absolute atomic E-state index is 0.335. The van der Waals surface area contributed by atoms with Crippen LogP contribution in [-0.4, -0.2) is 20.0 Å². The van der Waals surface area contributed by atoms with Gasteiger partial charge in [-0.3, -0.25) is 4.98 Å². The van der Waals surface area contributed by atoms with E-state index in [2.05, 4.69) is 15.3 Å². The standard InChI is InChI=1S/C13H9FN4/c14-11-3-1-2-4-12(11)18-13(9-16-17-18)10-5-7-15-8-6-10/h1-9H. The van der Waals surface area contributed by atoms with Gasteiger partial charge in [0.1, 0.15) is 11.5 Å². The van der Waals surface area contributed by atoms with Crippen molar-refractivity contribution in [2.24, 2.45) is 0 Å². The fraction of sp³-hybridized carbons (Fsp3) is 0. The molecule has 88 valence electrons. The Morgan fingerprint density at radius 3 is 2.56 bits per heavy atom. The first-order chi connectivity index (χ1) is 8.86. The SMILES string of the molecule is Fc1ccccc1-n1nncc1-c1ccncc1. The molecular formula is C13H9FN4. The van der Waals surface area contributed by atoms with Crippen LogP contribution in [0.25, 0.3) is 16.9 Å². The molecule has 3 rings (SSSR count). The van der Waals surface area contributed by atoms with Crippen LogP contribution in [0.1, 0.15) is 0 Å². The molecule has 0 saturated carbocycles. The minimum atomic E-state index is -0.335. The zero-order valence-corrected chi connectivity index (χ0v) is 9.36. The molecule has 18 heavy (non-hydrogen) atoms. The highest BCUT2D eigenvalue weighted by molar-refractivity contribution is 5.60. The van der Waals surface area contributed by atoms with Gasteiger partial charge in [-0.1, -0.05) is 17.3 Å². The Morgan fingerprint density at radius 1 is 1.00 bits per heavy atom. The van der Waals surface area contributed by atoms with E-state index in [0.29, 0.717) is 5.69 Å². The van der Waals surface area contributed by atoms with Gasteiger partial charge in [0.15, 0.2) is 0 Å². The number of nitrogens with zero attached hydrogens (tertiary/aromatic N) is 4. The predicted molar refractivity (Wildman–Crippen MR) is 64.5 cm³/mol. The molecule has 0 aliphatic rings. The molecule has 0 amide bonds. The van der Waals surface area contributed by atoms with E-state index in [1.807, 2.05) is 12.1 Å². The first-order valence-corrected chi connectivity index (χ1v) is 5.42. The Balaban J connectivity index is 2.16. The molecule has 0 unspecified atom stereocenters. The van der Waals surface area contributed by atoms with E-state index in [4.69, 9.17) is 0 Å². The van der Waals surface area contributed by atoms with Crippen molar-refractivity contribution in [1.82, 2.24) is 20.0 Å². The Kier molecular flexibility index (Phi) is 2.57. The lowest BCUT2D eigenvalue weighted by Gasteiger charge is -2.06. The minimum Gasteiger partial charge on any atom is -0.265 e. The van der Waals surface area contributed by atoms with Crippen molar-refractivity contribution in [2.45, 2.75) is 0 Å². The Labute approximate surface area is 103 Å². The molecule has 0 aliphatic carbocycles. The number of rotatable bonds is 2. The molecule has 1 aromatic carbocycles. The molecule has 0 saturated heterocycles. The lowest BCUT2D eigenvalue weighted by Crippen LogP contribution is -2.01. The van der Waals surface area contributed by atoms with Crippen molar-refractivity contribution in [1.29, 1.82) is 0 Å². The maximum Gasteiger partial charge on any atom is 0.148 e. The van der Waals surface area contributed by atoms with Gasteiger partial charge in [0.25, 0.3) is 0 Å². The number of hydrogen-bond acceptors (Lipinski definition) is 3. The van der Waals surface area contributed by atoms with E-state index in [9.17, 15) is 4.39 Å². The lowest BCUT2D eigenvalue weighted by molar-refractivity contribution is 0.608. The van der Waals surface area contributed by atoms with Crippen molar-refractivity contribution >= 4 is 0 Å². The van der Waals surface area contributed by atoms with Crippen molar-refractivity contribution in [2.75, 3.05) is 0 Å². The smallest absolute Gasteiger partial charge is 0.148 e. The average molecular weight is 240 g/mol. The maximum absolute atomic E-state index is 13.7. The Morgan fingerprint density at radius 2 is 1.78 bits per heavy atom. The average Bonchev–Trinajstić information content (AvgIpc) is 2.89. The highest BCUT2D eigenvalue weighted by Crippen LogP contribution is 2.21. The first-order valence-electron chi connectivity index (χ1n) is 5.42. The summed E-state index contributed by atoms with van der Waals surface area (Å²) < 4.78 is 15.2. The Hall–Kier alpha value is -2.56. The van der Waals surface area contributed by atoms with E-state index >= 15 is 0 Å². The summed E-state index contributed by atoms with van der Waals surface area (Å²) in [6.45, 7) is 0. The first kappa shape index (κ1) is 10.6. The molecule has 0 N–H and O–H groups in total. The molecule has 0 radical (unpaired) electrons. The van der Waals surface area contributed by atoms with E-state index in [1.165, 1.54) is 10.7 Å². The van der Waals surface area contributed by atoms with Crippen LogP contribution < -0.4 is 0 Å². The number of para-hydroxylation sites is 1. The second-order valence-corrected chi connectivity index (χ2v) is 3.72. The van der Waals surface area contributed by atoms with Crippen molar-refractivity contribution in [3.05, 3.63) is 60.8 Å². The predicted octanol–water partition coefficient (Wildman–Crippen LogP) is 2.47. The van der Waals surface area contributed by atoms with Crippen LogP contribution in [0, 0.1) is 5.82 Å². The summed E-state index contributed by atoms with van der Waals surface area (Å²) in [5, 5.41) is 7.77. The van der Waals surface area contributed by atoms with Gasteiger partial charge in [-0.05, 0) is 24.3 Å². The monoisotopic (exact) mass is 240 g/mol. The summed E-state index contributed by atoms with van der Waals surface area (Å²) >= 11 is 0. The van der Waals surface area contributed by atoms with Gasteiger partial charge >= 0.3 is 0 Å². The molecule has 2 heterocycles. The normalized spacial score (nSPS) is 10.5. The van der Waals surface area contributed by atoms with E-state index in [1.54, 1.807) is 36.8 Å². The third kappa shape index (κ3) is 1.75. The van der Waals surface area contributed by atoms with Gasteiger partial charge in [0.05, 0.1) is 11.9 Å². The maximum atomic E-state index is 13.7. The van der Waals surface area contributed by atoms with Crippen LogP contribution >= 0.6 is 0 Å². The van der Waals surface area contributed by atoms with Crippen molar-refractivity contribution < 1.29 is 4.39 Å². The largest absolute Gasteiger partial charge is 0.265 e. The van der Waals surface area contributed by atoms with Gasteiger partial charge < -0.3 is 0 Å². The van der Waals surface area contributed by atoms with E-state index in [0.717, 1.165) is 11.3 Å². The Bertz CT molecular complexity index is 664. The summed E-state index contributed by atoms with van der Waals surface area (Å²) in [6.07, 6.45) is 4.95. The summed E-state index contributed by atoms with van der Waals surface area (Å²) in [5.74, 6) is -0.335. The van der Waals surface area contributed by atoms with Crippen molar-refractivity contribution in [3.63, 3.8) is 0 Å². The second-order valence-electron chi connectivity index (χ2n) is 3.72. The van der Waals surface area contributed by atoms with Gasteiger partial charge in [0, 0.05) is 18.0 Å². The molecular weight excluding hydrogens is 231 g/mol. The summed E-state index contributed by atoms with van der Waals surface area (Å²) in [4.78, 5) is 3.95. The quantitative estimate of drug-likeness (QED) is 0.691. The second kappa shape index (κ2) is 4.37. The number of hydrogen-bond donors (Lipinski definition) is 0. The summed E-state index contributed by atoms with van der Waals surface area (Å²) in [7, 11) is 0. The summed E-state index contributed by atoms with van der Waals surface area (Å²) in [6, 6.07) is 10.1. The lowest BCUT2D eigenvalue weighted by atomic mass is 10.2. The molecule has 4 nitrogen and oxygen atoms in total. The summed E-state index contributed by atoms with van der Waals surface area (Å²) in [5.41, 5.74) is 1.99. The molecule has 0 bridgehead atoms. The molecule has 2 aromatic heterocycles. The molecule has 3 aromatic rings. The van der Waals surface area contributed by atoms with Gasteiger partial charge in [-0.25, -0.2) is 9.07 Å². The van der Waals surface area contributed by atoms with Crippen LogP contribution in [0.3, 0.4) is 0 Å². The molecule has 0 spiro atoms. The molecule has 5 heteroatoms. The van der Waals surface area contributed by atoms with Crippen LogP contribution in [0.5, 0.6) is 0 Å². The fourth-order valence-corrected chi connectivity index (χ4v) is 1.76. The van der Waals surface area contributed by atoms with Crippen LogP contribution in [0.4, 0.5) is 4.39 Å². The topological polar surface area (TPSA) is 43.6 Å². The van der Waals surface area contributed by atoms with Gasteiger partial charge in [0.2, 0.25) is 0 Å². The highest BCUT2D eigenvalue weighted by Gasteiger charge is 2.11. The number of halogens is 1. The zero-order valence-electron chi connectivity index (χ0n) is 9.36. The van der Waals surface area contributed by atoms with Crippen LogP contribution in [0.2, 0.25) is 0 Å². The van der Waals surface area contributed by atoms with E-state index in [-0.39, 0.29) is 5.82 Å². The number of aromatic nitrogens is 4. The highest BCUT2D eigenvalue weighted by atomic mass is 19.1. The van der Waals surface area contributed by atoms with Crippen LogP contribution in [0.15, 0.2) is 55.0 Å².